The number of para-hydroxylation sites is 1. The van der Waals surface area contributed by atoms with E-state index in [1.54, 1.807) is 13.2 Å². The number of nitrogens with one attached hydrogen (secondary N) is 1. The molecule has 2 N–H and O–H groups in total. The number of benzene rings is 1. The first kappa shape index (κ1) is 15.6. The third kappa shape index (κ3) is 4.90. The van der Waals surface area contributed by atoms with Crippen molar-refractivity contribution >= 4 is 12.0 Å². The van der Waals surface area contributed by atoms with E-state index in [-0.39, 0.29) is 12.0 Å². The molecule has 2 rings (SSSR count). The first-order valence-electron chi connectivity index (χ1n) is 7.46. The molecule has 114 valence electrons. The van der Waals surface area contributed by atoms with Gasteiger partial charge < -0.3 is 15.2 Å². The Morgan fingerprint density at radius 1 is 1.33 bits per heavy atom. The number of aliphatic hydroxyl groups excluding tert-OH is 1. The van der Waals surface area contributed by atoms with Crippen molar-refractivity contribution in [3.63, 3.8) is 0 Å². The topological polar surface area (TPSA) is 58.6 Å². The Hall–Kier alpha value is -1.81. The Balaban J connectivity index is 1.80. The molecule has 0 radical (unpaired) electrons. The molecule has 0 aliphatic heterocycles. The third-order valence-corrected chi connectivity index (χ3v) is 3.93. The summed E-state index contributed by atoms with van der Waals surface area (Å²) in [5.74, 6) is 1.15. The first-order chi connectivity index (χ1) is 10.2. The van der Waals surface area contributed by atoms with Crippen LogP contribution in [0.15, 0.2) is 30.3 Å². The molecule has 0 spiro atoms. The SMILES string of the molecule is COc1ccccc1/C=C/C(=O)NCC1CCC(O)CC1. The second-order valence-electron chi connectivity index (χ2n) is 5.49. The number of hydrogen-bond donors (Lipinski definition) is 2. The number of ether oxygens (including phenoxy) is 1. The van der Waals surface area contributed by atoms with Crippen LogP contribution in [0.4, 0.5) is 0 Å². The van der Waals surface area contributed by atoms with E-state index in [1.165, 1.54) is 6.08 Å². The molecule has 1 fully saturated rings. The fourth-order valence-electron chi connectivity index (χ4n) is 2.62. The minimum atomic E-state index is -0.151. The van der Waals surface area contributed by atoms with Gasteiger partial charge in [-0.05, 0) is 43.7 Å². The Morgan fingerprint density at radius 2 is 2.05 bits per heavy atom. The van der Waals surface area contributed by atoms with Crippen molar-refractivity contribution in [2.75, 3.05) is 13.7 Å². The molecule has 4 nitrogen and oxygen atoms in total. The summed E-state index contributed by atoms with van der Waals surface area (Å²) in [5.41, 5.74) is 0.885. The van der Waals surface area contributed by atoms with Gasteiger partial charge in [-0.25, -0.2) is 0 Å². The van der Waals surface area contributed by atoms with E-state index in [9.17, 15) is 9.90 Å². The van der Waals surface area contributed by atoms with Crippen LogP contribution < -0.4 is 10.1 Å². The van der Waals surface area contributed by atoms with Crippen LogP contribution in [-0.4, -0.2) is 30.8 Å². The summed E-state index contributed by atoms with van der Waals surface area (Å²) < 4.78 is 5.24. The van der Waals surface area contributed by atoms with E-state index in [4.69, 9.17) is 4.74 Å². The summed E-state index contributed by atoms with van der Waals surface area (Å²) >= 11 is 0. The van der Waals surface area contributed by atoms with E-state index >= 15 is 0 Å². The summed E-state index contributed by atoms with van der Waals surface area (Å²) in [6.45, 7) is 0.682. The highest BCUT2D eigenvalue weighted by Gasteiger charge is 2.19. The van der Waals surface area contributed by atoms with Crippen LogP contribution in [0.2, 0.25) is 0 Å². The summed E-state index contributed by atoms with van der Waals surface area (Å²) in [6, 6.07) is 7.58. The van der Waals surface area contributed by atoms with Crippen molar-refractivity contribution in [1.82, 2.24) is 5.32 Å². The van der Waals surface area contributed by atoms with Crippen molar-refractivity contribution in [2.45, 2.75) is 31.8 Å². The molecule has 0 heterocycles. The standard InChI is InChI=1S/C17H23NO3/c1-21-16-5-3-2-4-14(16)8-11-17(20)18-12-13-6-9-15(19)10-7-13/h2-5,8,11,13,15,19H,6-7,9-10,12H2,1H3,(H,18,20)/b11-8+. The van der Waals surface area contributed by atoms with Gasteiger partial charge in [0.05, 0.1) is 13.2 Å². The zero-order valence-electron chi connectivity index (χ0n) is 12.4. The van der Waals surface area contributed by atoms with Crippen molar-refractivity contribution < 1.29 is 14.6 Å². The van der Waals surface area contributed by atoms with Crippen LogP contribution in [0.5, 0.6) is 5.75 Å². The Kier molecular flexibility index (Phi) is 5.81. The van der Waals surface area contributed by atoms with Crippen LogP contribution >= 0.6 is 0 Å². The molecular formula is C17H23NO3. The van der Waals surface area contributed by atoms with Crippen LogP contribution in [0.3, 0.4) is 0 Å². The zero-order valence-corrected chi connectivity index (χ0v) is 12.4. The van der Waals surface area contributed by atoms with Crippen LogP contribution in [0.25, 0.3) is 6.08 Å². The number of methoxy groups -OCH3 is 1. The molecule has 1 amide bonds. The van der Waals surface area contributed by atoms with E-state index in [1.807, 2.05) is 24.3 Å². The molecule has 0 bridgehead atoms. The number of carbonyl (C=O) groups is 1. The molecule has 21 heavy (non-hydrogen) atoms. The van der Waals surface area contributed by atoms with E-state index < -0.39 is 0 Å². The Bertz CT molecular complexity index is 491. The number of amides is 1. The van der Waals surface area contributed by atoms with Gasteiger partial charge in [-0.15, -0.1) is 0 Å². The highest BCUT2D eigenvalue weighted by Crippen LogP contribution is 2.23. The molecule has 1 aliphatic rings. The average Bonchev–Trinajstić information content (AvgIpc) is 2.52. The molecule has 4 heteroatoms. The van der Waals surface area contributed by atoms with Crippen molar-refractivity contribution in [3.05, 3.63) is 35.9 Å². The molecule has 0 unspecified atom stereocenters. The van der Waals surface area contributed by atoms with Crippen molar-refractivity contribution in [1.29, 1.82) is 0 Å². The van der Waals surface area contributed by atoms with E-state index in [0.29, 0.717) is 12.5 Å². The molecule has 1 aromatic rings. The van der Waals surface area contributed by atoms with Gasteiger partial charge in [0.15, 0.2) is 0 Å². The van der Waals surface area contributed by atoms with E-state index in [0.717, 1.165) is 37.0 Å². The smallest absolute Gasteiger partial charge is 0.244 e. The van der Waals surface area contributed by atoms with Crippen molar-refractivity contribution in [2.24, 2.45) is 5.92 Å². The lowest BCUT2D eigenvalue weighted by Gasteiger charge is -2.25. The summed E-state index contributed by atoms with van der Waals surface area (Å²) in [5, 5.41) is 12.4. The summed E-state index contributed by atoms with van der Waals surface area (Å²) in [7, 11) is 1.62. The summed E-state index contributed by atoms with van der Waals surface area (Å²) in [4.78, 5) is 11.8. The van der Waals surface area contributed by atoms with Gasteiger partial charge in [-0.2, -0.15) is 0 Å². The van der Waals surface area contributed by atoms with Crippen molar-refractivity contribution in [3.8, 4) is 5.75 Å². The molecule has 0 saturated heterocycles. The quantitative estimate of drug-likeness (QED) is 0.818. The second-order valence-corrected chi connectivity index (χ2v) is 5.49. The first-order valence-corrected chi connectivity index (χ1v) is 7.46. The number of aliphatic hydroxyl groups is 1. The fourth-order valence-corrected chi connectivity index (χ4v) is 2.62. The largest absolute Gasteiger partial charge is 0.496 e. The predicted octanol–water partition coefficient (Wildman–Crippen LogP) is 2.38. The lowest BCUT2D eigenvalue weighted by Crippen LogP contribution is -2.31. The second kappa shape index (κ2) is 7.84. The van der Waals surface area contributed by atoms with Gasteiger partial charge in [-0.3, -0.25) is 4.79 Å². The minimum Gasteiger partial charge on any atom is -0.496 e. The number of hydrogen-bond acceptors (Lipinski definition) is 3. The van der Waals surface area contributed by atoms with E-state index in [2.05, 4.69) is 5.32 Å². The maximum atomic E-state index is 11.8. The van der Waals surface area contributed by atoms with Crippen LogP contribution in [0, 0.1) is 5.92 Å². The van der Waals surface area contributed by atoms with Gasteiger partial charge in [0.2, 0.25) is 5.91 Å². The van der Waals surface area contributed by atoms with Gasteiger partial charge in [0.25, 0.3) is 0 Å². The minimum absolute atomic E-state index is 0.0907. The highest BCUT2D eigenvalue weighted by molar-refractivity contribution is 5.92. The Labute approximate surface area is 125 Å². The van der Waals surface area contributed by atoms with Gasteiger partial charge in [-0.1, -0.05) is 18.2 Å². The summed E-state index contributed by atoms with van der Waals surface area (Å²) in [6.07, 6.45) is 6.81. The van der Waals surface area contributed by atoms with Crippen LogP contribution in [-0.2, 0) is 4.79 Å². The molecule has 1 saturated carbocycles. The highest BCUT2D eigenvalue weighted by atomic mass is 16.5. The molecule has 1 aromatic carbocycles. The number of rotatable bonds is 5. The number of carbonyl (C=O) groups excluding carboxylic acids is 1. The maximum absolute atomic E-state index is 11.8. The van der Waals surface area contributed by atoms with Gasteiger partial charge >= 0.3 is 0 Å². The molecular weight excluding hydrogens is 266 g/mol. The lowest BCUT2D eigenvalue weighted by atomic mass is 9.87. The van der Waals surface area contributed by atoms with Gasteiger partial charge in [0.1, 0.15) is 5.75 Å². The van der Waals surface area contributed by atoms with Crippen LogP contribution in [0.1, 0.15) is 31.2 Å². The molecule has 0 aromatic heterocycles. The third-order valence-electron chi connectivity index (χ3n) is 3.93. The maximum Gasteiger partial charge on any atom is 0.244 e. The molecule has 0 atom stereocenters. The lowest BCUT2D eigenvalue weighted by molar-refractivity contribution is -0.116. The monoisotopic (exact) mass is 289 g/mol. The normalized spacial score (nSPS) is 22.2. The fraction of sp³-hybridized carbons (Fsp3) is 0.471. The predicted molar refractivity (Wildman–Crippen MR) is 83.0 cm³/mol. The average molecular weight is 289 g/mol. The molecule has 1 aliphatic carbocycles. The Morgan fingerprint density at radius 3 is 2.76 bits per heavy atom. The van der Waals surface area contributed by atoms with Gasteiger partial charge in [0, 0.05) is 18.2 Å². The zero-order chi connectivity index (χ0) is 15.1.